The SMILES string of the molecule is CC(C)CNCc1ccc(OCC(=O)NC2CC2)cn1. The van der Waals surface area contributed by atoms with E-state index < -0.39 is 0 Å². The smallest absolute Gasteiger partial charge is 0.258 e. The van der Waals surface area contributed by atoms with Crippen LogP contribution in [0.5, 0.6) is 5.75 Å². The second-order valence-electron chi connectivity index (χ2n) is 5.64. The van der Waals surface area contributed by atoms with Gasteiger partial charge in [-0.15, -0.1) is 0 Å². The fourth-order valence-corrected chi connectivity index (χ4v) is 1.74. The first-order chi connectivity index (χ1) is 9.63. The molecule has 1 aliphatic rings. The van der Waals surface area contributed by atoms with Crippen molar-refractivity contribution < 1.29 is 9.53 Å². The number of amides is 1. The highest BCUT2D eigenvalue weighted by molar-refractivity contribution is 5.78. The molecule has 0 atom stereocenters. The Morgan fingerprint density at radius 2 is 2.25 bits per heavy atom. The number of nitrogens with one attached hydrogen (secondary N) is 2. The molecule has 0 bridgehead atoms. The first-order valence-corrected chi connectivity index (χ1v) is 7.21. The number of hydrogen-bond acceptors (Lipinski definition) is 4. The molecular formula is C15H23N3O2. The molecule has 0 saturated heterocycles. The predicted molar refractivity (Wildman–Crippen MR) is 77.4 cm³/mol. The minimum atomic E-state index is -0.0600. The van der Waals surface area contributed by atoms with Crippen LogP contribution < -0.4 is 15.4 Å². The van der Waals surface area contributed by atoms with E-state index in [2.05, 4.69) is 29.5 Å². The van der Waals surface area contributed by atoms with Crippen molar-refractivity contribution in [3.63, 3.8) is 0 Å². The van der Waals surface area contributed by atoms with Crippen LogP contribution in [0.25, 0.3) is 0 Å². The highest BCUT2D eigenvalue weighted by Crippen LogP contribution is 2.18. The van der Waals surface area contributed by atoms with E-state index in [-0.39, 0.29) is 12.5 Å². The molecule has 20 heavy (non-hydrogen) atoms. The molecule has 1 aliphatic carbocycles. The Morgan fingerprint density at radius 1 is 1.45 bits per heavy atom. The van der Waals surface area contributed by atoms with Crippen LogP contribution in [0.1, 0.15) is 32.4 Å². The maximum Gasteiger partial charge on any atom is 0.258 e. The van der Waals surface area contributed by atoms with E-state index in [1.54, 1.807) is 6.20 Å². The first kappa shape index (κ1) is 14.8. The Kier molecular flexibility index (Phi) is 5.35. The van der Waals surface area contributed by atoms with Crippen molar-refractivity contribution in [3.8, 4) is 5.75 Å². The Hall–Kier alpha value is -1.62. The van der Waals surface area contributed by atoms with Crippen molar-refractivity contribution in [2.45, 2.75) is 39.3 Å². The molecule has 1 aromatic heterocycles. The van der Waals surface area contributed by atoms with E-state index >= 15 is 0 Å². The molecule has 1 aromatic rings. The monoisotopic (exact) mass is 277 g/mol. The van der Waals surface area contributed by atoms with Crippen LogP contribution in [0.4, 0.5) is 0 Å². The Morgan fingerprint density at radius 3 is 2.85 bits per heavy atom. The van der Waals surface area contributed by atoms with Gasteiger partial charge in [-0.3, -0.25) is 9.78 Å². The van der Waals surface area contributed by atoms with Crippen LogP contribution in [0.2, 0.25) is 0 Å². The van der Waals surface area contributed by atoms with Crippen LogP contribution in [0.15, 0.2) is 18.3 Å². The first-order valence-electron chi connectivity index (χ1n) is 7.21. The van der Waals surface area contributed by atoms with E-state index in [0.29, 0.717) is 17.7 Å². The van der Waals surface area contributed by atoms with Gasteiger partial charge in [0.05, 0.1) is 11.9 Å². The summed E-state index contributed by atoms with van der Waals surface area (Å²) in [5.41, 5.74) is 0.973. The van der Waals surface area contributed by atoms with Gasteiger partial charge in [0.25, 0.3) is 5.91 Å². The number of rotatable bonds is 8. The topological polar surface area (TPSA) is 63.2 Å². The van der Waals surface area contributed by atoms with Crippen LogP contribution in [0.3, 0.4) is 0 Å². The summed E-state index contributed by atoms with van der Waals surface area (Å²) in [4.78, 5) is 15.8. The summed E-state index contributed by atoms with van der Waals surface area (Å²) in [5.74, 6) is 1.20. The number of hydrogen-bond donors (Lipinski definition) is 2. The van der Waals surface area contributed by atoms with Crippen molar-refractivity contribution >= 4 is 5.91 Å². The lowest BCUT2D eigenvalue weighted by Crippen LogP contribution is -2.30. The Labute approximate surface area is 120 Å². The fraction of sp³-hybridized carbons (Fsp3) is 0.600. The lowest BCUT2D eigenvalue weighted by atomic mass is 10.2. The van der Waals surface area contributed by atoms with Gasteiger partial charge >= 0.3 is 0 Å². The molecule has 0 aliphatic heterocycles. The third-order valence-electron chi connectivity index (χ3n) is 2.97. The maximum atomic E-state index is 11.5. The number of nitrogens with zero attached hydrogens (tertiary/aromatic N) is 1. The molecule has 0 spiro atoms. The molecule has 0 radical (unpaired) electrons. The second-order valence-corrected chi connectivity index (χ2v) is 5.64. The van der Waals surface area contributed by atoms with E-state index in [0.717, 1.165) is 31.6 Å². The zero-order valence-corrected chi connectivity index (χ0v) is 12.2. The zero-order valence-electron chi connectivity index (χ0n) is 12.2. The summed E-state index contributed by atoms with van der Waals surface area (Å²) in [7, 11) is 0. The lowest BCUT2D eigenvalue weighted by Gasteiger charge is -2.08. The van der Waals surface area contributed by atoms with Crippen molar-refractivity contribution in [3.05, 3.63) is 24.0 Å². The third kappa shape index (κ3) is 5.57. The number of pyridine rings is 1. The Bertz CT molecular complexity index is 427. The molecular weight excluding hydrogens is 254 g/mol. The van der Waals surface area contributed by atoms with Crippen LogP contribution >= 0.6 is 0 Å². The zero-order chi connectivity index (χ0) is 14.4. The van der Waals surface area contributed by atoms with Gasteiger partial charge in [-0.05, 0) is 37.4 Å². The molecule has 1 fully saturated rings. The number of carbonyl (C=O) groups excluding carboxylic acids is 1. The molecule has 2 N–H and O–H groups in total. The predicted octanol–water partition coefficient (Wildman–Crippen LogP) is 1.48. The molecule has 1 saturated carbocycles. The van der Waals surface area contributed by atoms with Crippen molar-refractivity contribution in [2.24, 2.45) is 5.92 Å². The van der Waals surface area contributed by atoms with Gasteiger partial charge in [-0.1, -0.05) is 13.8 Å². The Balaban J connectivity index is 1.68. The normalized spacial score (nSPS) is 14.3. The van der Waals surface area contributed by atoms with Gasteiger partial charge in [0.1, 0.15) is 5.75 Å². The molecule has 0 unspecified atom stereocenters. The van der Waals surface area contributed by atoms with Gasteiger partial charge in [0, 0.05) is 12.6 Å². The number of aromatic nitrogens is 1. The molecule has 2 rings (SSSR count). The largest absolute Gasteiger partial charge is 0.482 e. The van der Waals surface area contributed by atoms with Gasteiger partial charge in [0.2, 0.25) is 0 Å². The van der Waals surface area contributed by atoms with E-state index in [1.807, 2.05) is 12.1 Å². The van der Waals surface area contributed by atoms with Crippen LogP contribution in [-0.4, -0.2) is 30.1 Å². The van der Waals surface area contributed by atoms with Crippen LogP contribution in [-0.2, 0) is 11.3 Å². The highest BCUT2D eigenvalue weighted by Gasteiger charge is 2.23. The summed E-state index contributed by atoms with van der Waals surface area (Å²) >= 11 is 0. The maximum absolute atomic E-state index is 11.5. The summed E-state index contributed by atoms with van der Waals surface area (Å²) in [6.45, 7) is 6.12. The molecule has 5 heteroatoms. The minimum Gasteiger partial charge on any atom is -0.482 e. The summed E-state index contributed by atoms with van der Waals surface area (Å²) < 4.78 is 5.40. The quantitative estimate of drug-likeness (QED) is 0.755. The minimum absolute atomic E-state index is 0.0587. The number of ether oxygens (including phenoxy) is 1. The standard InChI is InChI=1S/C15H23N3O2/c1-11(2)7-16-8-13-5-6-14(9-17-13)20-10-15(19)18-12-3-4-12/h5-6,9,11-12,16H,3-4,7-8,10H2,1-2H3,(H,18,19). The summed E-state index contributed by atoms with van der Waals surface area (Å²) in [6.07, 6.45) is 3.84. The summed E-state index contributed by atoms with van der Waals surface area (Å²) in [6, 6.07) is 4.14. The molecule has 1 heterocycles. The highest BCUT2D eigenvalue weighted by atomic mass is 16.5. The molecule has 1 amide bonds. The molecule has 5 nitrogen and oxygen atoms in total. The van der Waals surface area contributed by atoms with Crippen molar-refractivity contribution in [1.82, 2.24) is 15.6 Å². The third-order valence-corrected chi connectivity index (χ3v) is 2.97. The van der Waals surface area contributed by atoms with Gasteiger partial charge in [-0.25, -0.2) is 0 Å². The average Bonchev–Trinajstić information content (AvgIpc) is 3.21. The molecule has 110 valence electrons. The van der Waals surface area contributed by atoms with E-state index in [4.69, 9.17) is 4.74 Å². The van der Waals surface area contributed by atoms with Gasteiger partial charge < -0.3 is 15.4 Å². The summed E-state index contributed by atoms with van der Waals surface area (Å²) in [5, 5.41) is 6.21. The lowest BCUT2D eigenvalue weighted by molar-refractivity contribution is -0.123. The van der Waals surface area contributed by atoms with E-state index in [1.165, 1.54) is 0 Å². The van der Waals surface area contributed by atoms with Gasteiger partial charge in [-0.2, -0.15) is 0 Å². The van der Waals surface area contributed by atoms with Crippen molar-refractivity contribution in [1.29, 1.82) is 0 Å². The second kappa shape index (κ2) is 7.24. The molecule has 0 aromatic carbocycles. The fourth-order valence-electron chi connectivity index (χ4n) is 1.74. The number of carbonyl (C=O) groups is 1. The van der Waals surface area contributed by atoms with E-state index in [9.17, 15) is 4.79 Å². The van der Waals surface area contributed by atoms with Crippen LogP contribution in [0, 0.1) is 5.92 Å². The average molecular weight is 277 g/mol. The van der Waals surface area contributed by atoms with Crippen molar-refractivity contribution in [2.75, 3.05) is 13.2 Å². The van der Waals surface area contributed by atoms with Gasteiger partial charge in [0.15, 0.2) is 6.61 Å².